The van der Waals surface area contributed by atoms with Gasteiger partial charge in [0.2, 0.25) is 0 Å². The first-order valence-corrected chi connectivity index (χ1v) is 7.45. The third-order valence-corrected chi connectivity index (χ3v) is 4.17. The Morgan fingerprint density at radius 3 is 2.65 bits per heavy atom. The zero-order valence-electron chi connectivity index (χ0n) is 10.7. The maximum Gasteiger partial charge on any atom is 0.161 e. The molecular weight excluding hydrogens is 387 g/mol. The van der Waals surface area contributed by atoms with Gasteiger partial charge in [0.15, 0.2) is 5.82 Å². The molecule has 0 aromatic heterocycles. The first-order chi connectivity index (χ1) is 9.52. The molecule has 0 unspecified atom stereocenters. The number of hydrogen-bond acceptors (Lipinski definition) is 2. The third kappa shape index (κ3) is 3.20. The minimum Gasteiger partial charge on any atom is -0.368 e. The molecule has 0 N–H and O–H groups in total. The van der Waals surface area contributed by atoms with Crippen molar-refractivity contribution in [2.45, 2.75) is 6.54 Å². The second kappa shape index (κ2) is 6.38. The molecule has 0 atom stereocenters. The van der Waals surface area contributed by atoms with E-state index in [9.17, 15) is 4.39 Å². The van der Waals surface area contributed by atoms with Gasteiger partial charge >= 0.3 is 0 Å². The Bertz CT molecular complexity index is 680. The van der Waals surface area contributed by atoms with Gasteiger partial charge in [-0.25, -0.2) is 4.39 Å². The Morgan fingerprint density at radius 1 is 1.25 bits per heavy atom. The standard InChI is InChI=1S/C15H11Br2FN2/c1-20(9-10-3-2-4-12(16)7-10)13-6-5-11(8-19)14(17)15(13)18/h2-7H,9H2,1H3. The van der Waals surface area contributed by atoms with Gasteiger partial charge in [-0.3, -0.25) is 0 Å². The maximum absolute atomic E-state index is 14.2. The van der Waals surface area contributed by atoms with Crippen molar-refractivity contribution in [2.75, 3.05) is 11.9 Å². The highest BCUT2D eigenvalue weighted by molar-refractivity contribution is 9.10. The molecule has 2 aromatic rings. The fourth-order valence-electron chi connectivity index (χ4n) is 1.91. The van der Waals surface area contributed by atoms with Crippen LogP contribution in [0, 0.1) is 17.1 Å². The van der Waals surface area contributed by atoms with E-state index in [4.69, 9.17) is 5.26 Å². The van der Waals surface area contributed by atoms with Gasteiger partial charge in [0, 0.05) is 18.1 Å². The Hall–Kier alpha value is -1.38. The predicted octanol–water partition coefficient (Wildman–Crippen LogP) is 4.86. The smallest absolute Gasteiger partial charge is 0.161 e. The summed E-state index contributed by atoms with van der Waals surface area (Å²) in [5.74, 6) is -0.415. The lowest BCUT2D eigenvalue weighted by Gasteiger charge is -2.21. The van der Waals surface area contributed by atoms with Crippen molar-refractivity contribution in [3.8, 4) is 6.07 Å². The summed E-state index contributed by atoms with van der Waals surface area (Å²) in [6, 6.07) is 13.0. The van der Waals surface area contributed by atoms with Crippen LogP contribution in [0.4, 0.5) is 10.1 Å². The lowest BCUT2D eigenvalue weighted by molar-refractivity contribution is 0.615. The number of halogens is 3. The molecule has 0 saturated heterocycles. The monoisotopic (exact) mass is 396 g/mol. The molecule has 0 fully saturated rings. The van der Waals surface area contributed by atoms with Gasteiger partial charge in [-0.15, -0.1) is 0 Å². The van der Waals surface area contributed by atoms with Crippen LogP contribution in [-0.2, 0) is 6.54 Å². The molecule has 0 bridgehead atoms. The molecule has 0 aliphatic carbocycles. The van der Waals surface area contributed by atoms with Crippen LogP contribution < -0.4 is 4.90 Å². The van der Waals surface area contributed by atoms with Crippen molar-refractivity contribution in [1.29, 1.82) is 5.26 Å². The molecule has 0 aliphatic heterocycles. The van der Waals surface area contributed by atoms with Gasteiger partial charge in [-0.2, -0.15) is 5.26 Å². The van der Waals surface area contributed by atoms with Crippen LogP contribution in [0.1, 0.15) is 11.1 Å². The SMILES string of the molecule is CN(Cc1cccc(Br)c1)c1ccc(C#N)c(Br)c1F. The van der Waals surface area contributed by atoms with Gasteiger partial charge < -0.3 is 4.90 Å². The summed E-state index contributed by atoms with van der Waals surface area (Å²) in [6.45, 7) is 0.578. The van der Waals surface area contributed by atoms with Crippen molar-refractivity contribution >= 4 is 37.5 Å². The van der Waals surface area contributed by atoms with Gasteiger partial charge in [0.05, 0.1) is 15.7 Å². The number of hydrogen-bond donors (Lipinski definition) is 0. The summed E-state index contributed by atoms with van der Waals surface area (Å²) in [7, 11) is 1.82. The van der Waals surface area contributed by atoms with Crippen molar-refractivity contribution in [3.05, 3.63) is 62.3 Å². The topological polar surface area (TPSA) is 27.0 Å². The Balaban J connectivity index is 2.28. The predicted molar refractivity (Wildman–Crippen MR) is 85.1 cm³/mol. The Morgan fingerprint density at radius 2 is 2.00 bits per heavy atom. The molecule has 2 nitrogen and oxygen atoms in total. The molecule has 20 heavy (non-hydrogen) atoms. The normalized spacial score (nSPS) is 10.2. The van der Waals surface area contributed by atoms with Crippen molar-refractivity contribution in [2.24, 2.45) is 0 Å². The summed E-state index contributed by atoms with van der Waals surface area (Å²) >= 11 is 6.54. The minimum absolute atomic E-state index is 0.207. The highest BCUT2D eigenvalue weighted by Crippen LogP contribution is 2.29. The molecular formula is C15H11Br2FN2. The summed E-state index contributed by atoms with van der Waals surface area (Å²) in [5, 5.41) is 8.87. The maximum atomic E-state index is 14.2. The zero-order chi connectivity index (χ0) is 14.7. The molecule has 0 heterocycles. The molecule has 0 amide bonds. The summed E-state index contributed by atoms with van der Waals surface area (Å²) in [4.78, 5) is 1.81. The van der Waals surface area contributed by atoms with Crippen LogP contribution >= 0.6 is 31.9 Å². The number of nitrogens with zero attached hydrogens (tertiary/aromatic N) is 2. The quantitative estimate of drug-likeness (QED) is 0.739. The van der Waals surface area contributed by atoms with E-state index in [1.807, 2.05) is 42.3 Å². The van der Waals surface area contributed by atoms with E-state index in [0.29, 0.717) is 17.8 Å². The first-order valence-electron chi connectivity index (χ1n) is 5.86. The molecule has 102 valence electrons. The van der Waals surface area contributed by atoms with Crippen LogP contribution in [0.15, 0.2) is 45.3 Å². The van der Waals surface area contributed by atoms with E-state index in [-0.39, 0.29) is 4.47 Å². The first kappa shape index (κ1) is 15.0. The lowest BCUT2D eigenvalue weighted by atomic mass is 10.1. The van der Waals surface area contributed by atoms with Crippen LogP contribution in [0.25, 0.3) is 0 Å². The van der Waals surface area contributed by atoms with Crippen molar-refractivity contribution in [1.82, 2.24) is 0 Å². The Kier molecular flexibility index (Phi) is 4.79. The molecule has 2 rings (SSSR count). The fourth-order valence-corrected chi connectivity index (χ4v) is 2.79. The van der Waals surface area contributed by atoms with E-state index >= 15 is 0 Å². The average molecular weight is 398 g/mol. The molecule has 0 spiro atoms. The van der Waals surface area contributed by atoms with Gasteiger partial charge in [-0.05, 0) is 45.8 Å². The van der Waals surface area contributed by atoms with Crippen molar-refractivity contribution in [3.63, 3.8) is 0 Å². The van der Waals surface area contributed by atoms with E-state index < -0.39 is 5.82 Å². The van der Waals surface area contributed by atoms with Gasteiger partial charge in [0.1, 0.15) is 6.07 Å². The second-order valence-electron chi connectivity index (χ2n) is 4.36. The molecule has 2 aromatic carbocycles. The lowest BCUT2D eigenvalue weighted by Crippen LogP contribution is -2.18. The minimum atomic E-state index is -0.415. The van der Waals surface area contributed by atoms with E-state index in [0.717, 1.165) is 10.0 Å². The second-order valence-corrected chi connectivity index (χ2v) is 6.07. The van der Waals surface area contributed by atoms with Crippen LogP contribution in [0.5, 0.6) is 0 Å². The fraction of sp³-hybridized carbons (Fsp3) is 0.133. The number of anilines is 1. The molecule has 5 heteroatoms. The third-order valence-electron chi connectivity index (χ3n) is 2.90. The van der Waals surface area contributed by atoms with E-state index in [2.05, 4.69) is 31.9 Å². The summed E-state index contributed by atoms with van der Waals surface area (Å²) in [6.07, 6.45) is 0. The van der Waals surface area contributed by atoms with Crippen molar-refractivity contribution < 1.29 is 4.39 Å². The highest BCUT2D eigenvalue weighted by atomic mass is 79.9. The summed E-state index contributed by atoms with van der Waals surface area (Å²) < 4.78 is 15.4. The molecule has 0 aliphatic rings. The van der Waals surface area contributed by atoms with E-state index in [1.54, 1.807) is 12.1 Å². The van der Waals surface area contributed by atoms with Crippen LogP contribution in [0.3, 0.4) is 0 Å². The van der Waals surface area contributed by atoms with Gasteiger partial charge in [0.25, 0.3) is 0 Å². The number of nitriles is 1. The largest absolute Gasteiger partial charge is 0.368 e. The zero-order valence-corrected chi connectivity index (χ0v) is 13.9. The molecule has 0 radical (unpaired) electrons. The van der Waals surface area contributed by atoms with E-state index in [1.165, 1.54) is 0 Å². The van der Waals surface area contributed by atoms with Gasteiger partial charge in [-0.1, -0.05) is 28.1 Å². The number of benzene rings is 2. The van der Waals surface area contributed by atoms with Crippen LogP contribution in [-0.4, -0.2) is 7.05 Å². The average Bonchev–Trinajstić information content (AvgIpc) is 2.41. The Labute approximate surface area is 134 Å². The summed E-state index contributed by atoms with van der Waals surface area (Å²) in [5.41, 5.74) is 1.82. The number of rotatable bonds is 3. The van der Waals surface area contributed by atoms with Crippen LogP contribution in [0.2, 0.25) is 0 Å². The highest BCUT2D eigenvalue weighted by Gasteiger charge is 2.14. The molecule has 0 saturated carbocycles.